The highest BCUT2D eigenvalue weighted by molar-refractivity contribution is 7.17. The van der Waals surface area contributed by atoms with Gasteiger partial charge in [-0.25, -0.2) is 4.98 Å². The maximum Gasteiger partial charge on any atom is 0.266 e. The molecule has 25 heavy (non-hydrogen) atoms. The van der Waals surface area contributed by atoms with Crippen molar-refractivity contribution in [2.45, 2.75) is 53.0 Å². The molecule has 2 aliphatic rings. The third-order valence-corrected chi connectivity index (χ3v) is 6.88. The van der Waals surface area contributed by atoms with Gasteiger partial charge < -0.3 is 4.90 Å². The first-order chi connectivity index (χ1) is 11.8. The first-order valence-corrected chi connectivity index (χ1v) is 9.92. The van der Waals surface area contributed by atoms with Crippen molar-refractivity contribution in [2.24, 2.45) is 10.8 Å². The molecule has 4 rings (SSSR count). The molecule has 1 saturated carbocycles. The summed E-state index contributed by atoms with van der Waals surface area (Å²) in [5.74, 6) is 0.184. The second kappa shape index (κ2) is 5.66. The molecule has 1 aliphatic heterocycles. The predicted octanol–water partition coefficient (Wildman–Crippen LogP) is 5.16. The molecule has 2 atom stereocenters. The van der Waals surface area contributed by atoms with Gasteiger partial charge in [-0.1, -0.05) is 51.1 Å². The fourth-order valence-electron chi connectivity index (χ4n) is 5.13. The Morgan fingerprint density at radius 1 is 1.20 bits per heavy atom. The first-order valence-electron chi connectivity index (χ1n) is 9.10. The summed E-state index contributed by atoms with van der Waals surface area (Å²) in [5, 5.41) is 0.940. The number of carbonyl (C=O) groups is 1. The fourth-order valence-corrected chi connectivity index (χ4v) is 6.15. The van der Waals surface area contributed by atoms with Crippen LogP contribution in [0.1, 0.15) is 55.4 Å². The van der Waals surface area contributed by atoms with Crippen molar-refractivity contribution in [3.05, 3.63) is 40.9 Å². The summed E-state index contributed by atoms with van der Waals surface area (Å²) in [6.45, 7) is 9.89. The van der Waals surface area contributed by atoms with E-state index in [9.17, 15) is 4.79 Å². The van der Waals surface area contributed by atoms with Gasteiger partial charge in [0.1, 0.15) is 9.88 Å². The molecule has 3 nitrogen and oxygen atoms in total. The number of amides is 1. The highest BCUT2D eigenvalue weighted by atomic mass is 32.1. The third kappa shape index (κ3) is 3.01. The van der Waals surface area contributed by atoms with Gasteiger partial charge >= 0.3 is 0 Å². The number of hydrogen-bond donors (Lipinski definition) is 0. The standard InChI is InChI=1S/C21H26N2OS/c1-14-17(25-18(22-14)15-8-6-5-7-9-15)19(24)23-13-21(4)11-16(23)10-20(2,3)12-21/h5-9,16H,10-13H2,1-4H3. The van der Waals surface area contributed by atoms with Crippen molar-refractivity contribution in [3.8, 4) is 10.6 Å². The van der Waals surface area contributed by atoms with E-state index in [1.165, 1.54) is 17.8 Å². The number of carbonyl (C=O) groups excluding carboxylic acids is 1. The third-order valence-electron chi connectivity index (χ3n) is 5.69. The van der Waals surface area contributed by atoms with Crippen LogP contribution in [0.3, 0.4) is 0 Å². The second-order valence-electron chi connectivity index (χ2n) is 8.95. The Balaban J connectivity index is 1.63. The van der Waals surface area contributed by atoms with Crippen LogP contribution in [0, 0.1) is 17.8 Å². The van der Waals surface area contributed by atoms with Gasteiger partial charge in [-0.15, -0.1) is 11.3 Å². The Morgan fingerprint density at radius 3 is 2.64 bits per heavy atom. The molecule has 0 spiro atoms. The Labute approximate surface area is 154 Å². The average molecular weight is 355 g/mol. The van der Waals surface area contributed by atoms with Crippen molar-refractivity contribution in [2.75, 3.05) is 6.54 Å². The second-order valence-corrected chi connectivity index (χ2v) is 9.95. The number of aromatic nitrogens is 1. The number of aryl methyl sites for hydroxylation is 1. The molecule has 2 heterocycles. The summed E-state index contributed by atoms with van der Waals surface area (Å²) in [6.07, 6.45) is 3.46. The van der Waals surface area contributed by atoms with E-state index in [0.717, 1.165) is 40.5 Å². The minimum absolute atomic E-state index is 0.184. The van der Waals surface area contributed by atoms with Crippen LogP contribution in [0.5, 0.6) is 0 Å². The molecule has 132 valence electrons. The largest absolute Gasteiger partial charge is 0.334 e. The van der Waals surface area contributed by atoms with Crippen LogP contribution in [0.15, 0.2) is 30.3 Å². The quantitative estimate of drug-likeness (QED) is 0.746. The lowest BCUT2D eigenvalue weighted by Gasteiger charge is -2.39. The normalized spacial score (nSPS) is 27.5. The number of likely N-dealkylation sites (tertiary alicyclic amines) is 1. The van der Waals surface area contributed by atoms with Gasteiger partial charge in [-0.05, 0) is 37.0 Å². The predicted molar refractivity (Wildman–Crippen MR) is 103 cm³/mol. The van der Waals surface area contributed by atoms with Crippen LogP contribution in [0.2, 0.25) is 0 Å². The van der Waals surface area contributed by atoms with Crippen LogP contribution in [-0.4, -0.2) is 28.4 Å². The molecule has 1 aromatic heterocycles. The maximum atomic E-state index is 13.3. The smallest absolute Gasteiger partial charge is 0.266 e. The molecule has 2 aromatic rings. The zero-order valence-corrected chi connectivity index (χ0v) is 16.3. The van der Waals surface area contributed by atoms with E-state index in [4.69, 9.17) is 0 Å². The summed E-state index contributed by atoms with van der Waals surface area (Å²) in [5.41, 5.74) is 2.54. The van der Waals surface area contributed by atoms with Crippen molar-refractivity contribution in [3.63, 3.8) is 0 Å². The van der Waals surface area contributed by atoms with Gasteiger partial charge in [0.05, 0.1) is 5.69 Å². The molecular formula is C21H26N2OS. The summed E-state index contributed by atoms with van der Waals surface area (Å²) < 4.78 is 0. The maximum absolute atomic E-state index is 13.3. The lowest BCUT2D eigenvalue weighted by Crippen LogP contribution is -2.37. The molecule has 4 heteroatoms. The van der Waals surface area contributed by atoms with Crippen LogP contribution < -0.4 is 0 Å². The van der Waals surface area contributed by atoms with Crippen LogP contribution in [-0.2, 0) is 0 Å². The van der Waals surface area contributed by atoms with Crippen molar-refractivity contribution in [1.82, 2.24) is 9.88 Å². The van der Waals surface area contributed by atoms with E-state index in [0.29, 0.717) is 11.5 Å². The molecular weight excluding hydrogens is 328 g/mol. The monoisotopic (exact) mass is 354 g/mol. The van der Waals surface area contributed by atoms with E-state index in [1.54, 1.807) is 0 Å². The van der Waals surface area contributed by atoms with E-state index in [2.05, 4.69) is 42.8 Å². The van der Waals surface area contributed by atoms with E-state index >= 15 is 0 Å². The molecule has 2 unspecified atom stereocenters. The Hall–Kier alpha value is -1.68. The van der Waals surface area contributed by atoms with Crippen LogP contribution in [0.4, 0.5) is 0 Å². The van der Waals surface area contributed by atoms with Crippen LogP contribution >= 0.6 is 11.3 Å². The Bertz CT molecular complexity index is 811. The number of rotatable bonds is 2. The van der Waals surface area contributed by atoms with Gasteiger partial charge in [0.15, 0.2) is 0 Å². The summed E-state index contributed by atoms with van der Waals surface area (Å²) in [4.78, 5) is 20.9. The number of hydrogen-bond acceptors (Lipinski definition) is 3. The van der Waals surface area contributed by atoms with E-state index in [1.807, 2.05) is 25.1 Å². The molecule has 1 aromatic carbocycles. The summed E-state index contributed by atoms with van der Waals surface area (Å²) in [7, 11) is 0. The van der Waals surface area contributed by atoms with Gasteiger partial charge in [0, 0.05) is 18.2 Å². The van der Waals surface area contributed by atoms with Crippen molar-refractivity contribution >= 4 is 17.2 Å². The average Bonchev–Trinajstić information content (AvgIpc) is 3.04. The van der Waals surface area contributed by atoms with Gasteiger partial charge in [-0.3, -0.25) is 4.79 Å². The number of nitrogens with zero attached hydrogens (tertiary/aromatic N) is 2. The highest BCUT2D eigenvalue weighted by Gasteiger charge is 2.51. The van der Waals surface area contributed by atoms with Crippen molar-refractivity contribution < 1.29 is 4.79 Å². The van der Waals surface area contributed by atoms with Gasteiger partial charge in [0.2, 0.25) is 0 Å². The first kappa shape index (κ1) is 16.8. The van der Waals surface area contributed by atoms with Gasteiger partial charge in [0.25, 0.3) is 5.91 Å². The number of fused-ring (bicyclic) bond motifs is 2. The number of benzene rings is 1. The van der Waals surface area contributed by atoms with E-state index in [-0.39, 0.29) is 11.3 Å². The minimum Gasteiger partial charge on any atom is -0.334 e. The fraction of sp³-hybridized carbons (Fsp3) is 0.524. The Kier molecular flexibility index (Phi) is 3.80. The van der Waals surface area contributed by atoms with Crippen molar-refractivity contribution in [1.29, 1.82) is 0 Å². The Morgan fingerprint density at radius 2 is 1.92 bits per heavy atom. The zero-order valence-electron chi connectivity index (χ0n) is 15.5. The molecule has 2 fully saturated rings. The van der Waals surface area contributed by atoms with Crippen LogP contribution in [0.25, 0.3) is 10.6 Å². The topological polar surface area (TPSA) is 33.2 Å². The lowest BCUT2D eigenvalue weighted by molar-refractivity contribution is 0.0712. The van der Waals surface area contributed by atoms with Gasteiger partial charge in [-0.2, -0.15) is 0 Å². The molecule has 0 N–H and O–H groups in total. The highest BCUT2D eigenvalue weighted by Crippen LogP contribution is 2.53. The zero-order chi connectivity index (χ0) is 17.8. The molecule has 0 radical (unpaired) electrons. The number of thiazole rings is 1. The summed E-state index contributed by atoms with van der Waals surface area (Å²) in [6, 6.07) is 10.5. The lowest BCUT2D eigenvalue weighted by atomic mass is 9.65. The summed E-state index contributed by atoms with van der Waals surface area (Å²) >= 11 is 1.54. The van der Waals surface area contributed by atoms with E-state index < -0.39 is 0 Å². The molecule has 1 amide bonds. The minimum atomic E-state index is 0.184. The SMILES string of the molecule is Cc1nc(-c2ccccc2)sc1C(=O)N1CC2(C)CC1CC(C)(C)C2. The molecule has 1 aliphatic carbocycles. The molecule has 2 bridgehead atoms. The molecule has 1 saturated heterocycles.